The molecule has 5 nitrogen and oxygen atoms in total. The third-order valence-electron chi connectivity index (χ3n) is 3.27. The van der Waals surface area contributed by atoms with E-state index >= 15 is 0 Å². The fourth-order valence-corrected chi connectivity index (χ4v) is 2.34. The Morgan fingerprint density at radius 1 is 1.26 bits per heavy atom. The highest BCUT2D eigenvalue weighted by atomic mass is 16.5. The summed E-state index contributed by atoms with van der Waals surface area (Å²) in [5, 5.41) is 1.78. The highest BCUT2D eigenvalue weighted by Crippen LogP contribution is 2.22. The standard InChI is InChI=1S/C14H12N2O3/c1-16-6-5-10-9-4-3-8(14(18)19-2)7-11(9)15-13(17)12(10)16/h3-7H,1-2H3,(H,15,17). The molecule has 0 radical (unpaired) electrons. The average molecular weight is 256 g/mol. The number of fused-ring (bicyclic) bond motifs is 3. The molecule has 0 atom stereocenters. The number of hydrogen-bond donors (Lipinski definition) is 1. The van der Waals surface area contributed by atoms with Gasteiger partial charge in [0.15, 0.2) is 0 Å². The van der Waals surface area contributed by atoms with Gasteiger partial charge in [-0.05, 0) is 18.2 Å². The molecule has 0 aliphatic rings. The van der Waals surface area contributed by atoms with E-state index in [-0.39, 0.29) is 5.56 Å². The average Bonchev–Trinajstić information content (AvgIpc) is 2.80. The number of hydrogen-bond acceptors (Lipinski definition) is 3. The first-order valence-electron chi connectivity index (χ1n) is 5.81. The second-order valence-corrected chi connectivity index (χ2v) is 4.39. The third kappa shape index (κ3) is 1.62. The fourth-order valence-electron chi connectivity index (χ4n) is 2.34. The van der Waals surface area contributed by atoms with Crippen LogP contribution in [-0.4, -0.2) is 22.6 Å². The number of aromatic nitrogens is 2. The van der Waals surface area contributed by atoms with Crippen LogP contribution in [0.1, 0.15) is 10.4 Å². The minimum atomic E-state index is -0.420. The summed E-state index contributed by atoms with van der Waals surface area (Å²) in [7, 11) is 3.15. The van der Waals surface area contributed by atoms with Crippen molar-refractivity contribution in [1.82, 2.24) is 9.55 Å². The first kappa shape index (κ1) is 11.5. The van der Waals surface area contributed by atoms with E-state index in [4.69, 9.17) is 0 Å². The molecule has 1 aromatic carbocycles. The first-order valence-corrected chi connectivity index (χ1v) is 5.81. The number of carbonyl (C=O) groups excluding carboxylic acids is 1. The van der Waals surface area contributed by atoms with Crippen LogP contribution in [0.3, 0.4) is 0 Å². The zero-order chi connectivity index (χ0) is 13.6. The fraction of sp³-hybridized carbons (Fsp3) is 0.143. The van der Waals surface area contributed by atoms with Crippen LogP contribution in [0.15, 0.2) is 35.3 Å². The van der Waals surface area contributed by atoms with Gasteiger partial charge in [-0.25, -0.2) is 4.79 Å². The van der Waals surface area contributed by atoms with Crippen molar-refractivity contribution < 1.29 is 9.53 Å². The van der Waals surface area contributed by atoms with Crippen LogP contribution in [-0.2, 0) is 11.8 Å². The van der Waals surface area contributed by atoms with E-state index in [0.717, 1.165) is 10.8 Å². The van der Waals surface area contributed by atoms with Crippen LogP contribution < -0.4 is 5.56 Å². The summed E-state index contributed by atoms with van der Waals surface area (Å²) in [6, 6.07) is 7.04. The van der Waals surface area contributed by atoms with Crippen molar-refractivity contribution in [2.24, 2.45) is 7.05 Å². The molecule has 0 aliphatic heterocycles. The SMILES string of the molecule is COC(=O)c1ccc2c(c1)[nH]c(=O)c1c2ccn1C. The van der Waals surface area contributed by atoms with Crippen molar-refractivity contribution in [3.8, 4) is 0 Å². The number of benzene rings is 1. The normalized spacial score (nSPS) is 11.1. The van der Waals surface area contributed by atoms with Gasteiger partial charge in [0.2, 0.25) is 0 Å². The molecule has 0 amide bonds. The van der Waals surface area contributed by atoms with Crippen LogP contribution in [0, 0.1) is 0 Å². The molecule has 3 aromatic rings. The molecule has 0 fully saturated rings. The maximum absolute atomic E-state index is 12.0. The van der Waals surface area contributed by atoms with E-state index in [2.05, 4.69) is 9.72 Å². The van der Waals surface area contributed by atoms with E-state index in [1.807, 2.05) is 25.4 Å². The van der Waals surface area contributed by atoms with Gasteiger partial charge in [0.25, 0.3) is 5.56 Å². The molecule has 0 unspecified atom stereocenters. The summed E-state index contributed by atoms with van der Waals surface area (Å²) in [5.74, 6) is -0.420. The van der Waals surface area contributed by atoms with Crippen LogP contribution in [0.25, 0.3) is 21.8 Å². The lowest BCUT2D eigenvalue weighted by atomic mass is 10.1. The summed E-state index contributed by atoms with van der Waals surface area (Å²) in [4.78, 5) is 26.3. The zero-order valence-corrected chi connectivity index (χ0v) is 10.6. The Morgan fingerprint density at radius 3 is 2.79 bits per heavy atom. The predicted molar refractivity (Wildman–Crippen MR) is 72.4 cm³/mol. The van der Waals surface area contributed by atoms with Gasteiger partial charge in [-0.2, -0.15) is 0 Å². The third-order valence-corrected chi connectivity index (χ3v) is 3.27. The lowest BCUT2D eigenvalue weighted by molar-refractivity contribution is 0.0601. The Balaban J connectivity index is 2.40. The molecule has 0 saturated carbocycles. The zero-order valence-electron chi connectivity index (χ0n) is 10.6. The van der Waals surface area contributed by atoms with E-state index in [0.29, 0.717) is 16.6 Å². The van der Waals surface area contributed by atoms with Gasteiger partial charge in [0.05, 0.1) is 12.7 Å². The Kier molecular flexibility index (Phi) is 2.41. The van der Waals surface area contributed by atoms with Crippen molar-refractivity contribution >= 4 is 27.8 Å². The molecule has 19 heavy (non-hydrogen) atoms. The Labute approximate surface area is 108 Å². The summed E-state index contributed by atoms with van der Waals surface area (Å²) in [6.45, 7) is 0. The van der Waals surface area contributed by atoms with Crippen LogP contribution in [0.4, 0.5) is 0 Å². The number of nitrogens with zero attached hydrogens (tertiary/aromatic N) is 1. The summed E-state index contributed by atoms with van der Waals surface area (Å²) in [5.41, 5.74) is 1.50. The molecule has 0 saturated heterocycles. The number of carbonyl (C=O) groups is 1. The number of ether oxygens (including phenoxy) is 1. The monoisotopic (exact) mass is 256 g/mol. The molecular weight excluding hydrogens is 244 g/mol. The van der Waals surface area contributed by atoms with Gasteiger partial charge < -0.3 is 14.3 Å². The molecular formula is C14H12N2O3. The lowest BCUT2D eigenvalue weighted by Gasteiger charge is -2.04. The molecule has 3 rings (SSSR count). The van der Waals surface area contributed by atoms with Crippen molar-refractivity contribution in [2.75, 3.05) is 7.11 Å². The van der Waals surface area contributed by atoms with Crippen molar-refractivity contribution in [3.05, 3.63) is 46.4 Å². The minimum absolute atomic E-state index is 0.169. The topological polar surface area (TPSA) is 64.1 Å². The number of rotatable bonds is 1. The lowest BCUT2D eigenvalue weighted by Crippen LogP contribution is -2.10. The number of aryl methyl sites for hydroxylation is 1. The summed E-state index contributed by atoms with van der Waals surface area (Å²) in [6.07, 6.45) is 1.84. The molecule has 96 valence electrons. The number of esters is 1. The van der Waals surface area contributed by atoms with E-state index in [1.165, 1.54) is 7.11 Å². The highest BCUT2D eigenvalue weighted by Gasteiger charge is 2.11. The Bertz CT molecular complexity index is 858. The van der Waals surface area contributed by atoms with Gasteiger partial charge in [0.1, 0.15) is 5.52 Å². The molecule has 2 heterocycles. The van der Waals surface area contributed by atoms with Gasteiger partial charge >= 0.3 is 5.97 Å². The molecule has 5 heteroatoms. The van der Waals surface area contributed by atoms with Crippen molar-refractivity contribution in [2.45, 2.75) is 0 Å². The molecule has 1 N–H and O–H groups in total. The number of aromatic amines is 1. The second-order valence-electron chi connectivity index (χ2n) is 4.39. The largest absolute Gasteiger partial charge is 0.465 e. The van der Waals surface area contributed by atoms with Crippen LogP contribution in [0.2, 0.25) is 0 Å². The van der Waals surface area contributed by atoms with Gasteiger partial charge in [-0.3, -0.25) is 4.79 Å². The maximum atomic E-state index is 12.0. The summed E-state index contributed by atoms with van der Waals surface area (Å²) >= 11 is 0. The minimum Gasteiger partial charge on any atom is -0.465 e. The number of pyridine rings is 1. The quantitative estimate of drug-likeness (QED) is 0.675. The highest BCUT2D eigenvalue weighted by molar-refractivity contribution is 6.06. The number of nitrogens with one attached hydrogen (secondary N) is 1. The molecule has 0 spiro atoms. The predicted octanol–water partition coefficient (Wildman–Crippen LogP) is 1.81. The molecule has 0 bridgehead atoms. The van der Waals surface area contributed by atoms with Crippen LogP contribution in [0.5, 0.6) is 0 Å². The van der Waals surface area contributed by atoms with Crippen molar-refractivity contribution in [3.63, 3.8) is 0 Å². The van der Waals surface area contributed by atoms with Gasteiger partial charge in [-0.15, -0.1) is 0 Å². The van der Waals surface area contributed by atoms with Crippen LogP contribution >= 0.6 is 0 Å². The maximum Gasteiger partial charge on any atom is 0.337 e. The van der Waals surface area contributed by atoms with Crippen molar-refractivity contribution in [1.29, 1.82) is 0 Å². The molecule has 0 aliphatic carbocycles. The second kappa shape index (κ2) is 3.98. The number of H-pyrrole nitrogens is 1. The smallest absolute Gasteiger partial charge is 0.337 e. The van der Waals surface area contributed by atoms with E-state index in [9.17, 15) is 9.59 Å². The van der Waals surface area contributed by atoms with E-state index < -0.39 is 5.97 Å². The Hall–Kier alpha value is -2.56. The number of methoxy groups -OCH3 is 1. The van der Waals surface area contributed by atoms with E-state index in [1.54, 1.807) is 16.7 Å². The summed E-state index contributed by atoms with van der Waals surface area (Å²) < 4.78 is 6.45. The van der Waals surface area contributed by atoms with Gasteiger partial charge in [-0.1, -0.05) is 6.07 Å². The first-order chi connectivity index (χ1) is 9.11. The Morgan fingerprint density at radius 2 is 2.05 bits per heavy atom. The van der Waals surface area contributed by atoms with Gasteiger partial charge in [0, 0.05) is 29.5 Å². The molecule has 2 aromatic heterocycles.